The second kappa shape index (κ2) is 4.06. The van der Waals surface area contributed by atoms with Crippen LogP contribution < -0.4 is 5.32 Å². The van der Waals surface area contributed by atoms with Crippen LogP contribution in [0.25, 0.3) is 0 Å². The van der Waals surface area contributed by atoms with Crippen molar-refractivity contribution in [3.63, 3.8) is 0 Å². The Labute approximate surface area is 101 Å². The van der Waals surface area contributed by atoms with Gasteiger partial charge >= 0.3 is 5.97 Å². The van der Waals surface area contributed by atoms with Crippen molar-refractivity contribution in [3.05, 3.63) is 29.8 Å². The highest BCUT2D eigenvalue weighted by Gasteiger charge is 2.41. The summed E-state index contributed by atoms with van der Waals surface area (Å²) in [4.78, 5) is 11.1. The van der Waals surface area contributed by atoms with E-state index in [1.807, 2.05) is 12.1 Å². The lowest BCUT2D eigenvalue weighted by Crippen LogP contribution is -2.25. The molecule has 2 aliphatic carbocycles. The maximum absolute atomic E-state index is 11.1. The van der Waals surface area contributed by atoms with Crippen LogP contribution in [-0.2, 0) is 0 Å². The summed E-state index contributed by atoms with van der Waals surface area (Å²) in [5.74, 6) is 0.687. The summed E-state index contributed by atoms with van der Waals surface area (Å²) >= 11 is 0. The van der Waals surface area contributed by atoms with Crippen LogP contribution in [0.4, 0.5) is 5.69 Å². The summed E-state index contributed by atoms with van der Waals surface area (Å²) in [5, 5.41) is 12.6. The van der Waals surface area contributed by atoms with Crippen molar-refractivity contribution in [1.82, 2.24) is 0 Å². The number of hydrogen-bond acceptors (Lipinski definition) is 2. The van der Waals surface area contributed by atoms with Crippen molar-refractivity contribution >= 4 is 11.7 Å². The topological polar surface area (TPSA) is 49.3 Å². The predicted octanol–water partition coefficient (Wildman–Crippen LogP) is 2.99. The molecule has 1 aromatic rings. The lowest BCUT2D eigenvalue weighted by atomic mass is 10.1. The molecule has 3 rings (SSSR count). The average Bonchev–Trinajstić information content (AvgIpc) is 3.16. The third-order valence-electron chi connectivity index (χ3n) is 3.74. The van der Waals surface area contributed by atoms with Crippen molar-refractivity contribution < 1.29 is 9.90 Å². The standard InChI is InChI=1S/C14H17NO2/c16-14(17)11-3-1-2-4-12(11)15-13(9-5-6-9)10-7-8-10/h1-4,9-10,13,15H,5-8H2,(H,16,17). The molecule has 3 heteroatoms. The van der Waals surface area contributed by atoms with Gasteiger partial charge in [0.15, 0.2) is 0 Å². The fourth-order valence-corrected chi connectivity index (χ4v) is 2.51. The maximum Gasteiger partial charge on any atom is 0.337 e. The Kier molecular flexibility index (Phi) is 2.54. The minimum atomic E-state index is -0.849. The Morgan fingerprint density at radius 3 is 2.29 bits per heavy atom. The minimum Gasteiger partial charge on any atom is -0.478 e. The molecule has 0 aliphatic heterocycles. The van der Waals surface area contributed by atoms with E-state index in [0.717, 1.165) is 17.5 Å². The van der Waals surface area contributed by atoms with Crippen LogP contribution in [0.3, 0.4) is 0 Å². The van der Waals surface area contributed by atoms with Gasteiger partial charge in [-0.05, 0) is 49.7 Å². The number of hydrogen-bond donors (Lipinski definition) is 2. The maximum atomic E-state index is 11.1. The first-order valence-corrected chi connectivity index (χ1v) is 6.34. The normalized spacial score (nSPS) is 19.4. The SMILES string of the molecule is O=C(O)c1ccccc1NC(C1CC1)C1CC1. The first-order valence-electron chi connectivity index (χ1n) is 6.34. The summed E-state index contributed by atoms with van der Waals surface area (Å²) in [5.41, 5.74) is 1.17. The largest absolute Gasteiger partial charge is 0.478 e. The molecule has 17 heavy (non-hydrogen) atoms. The number of benzene rings is 1. The van der Waals surface area contributed by atoms with Gasteiger partial charge in [0, 0.05) is 11.7 Å². The van der Waals surface area contributed by atoms with Crippen LogP contribution in [0.2, 0.25) is 0 Å². The molecule has 0 bridgehead atoms. The van der Waals surface area contributed by atoms with Gasteiger partial charge in [-0.15, -0.1) is 0 Å². The molecule has 3 nitrogen and oxygen atoms in total. The molecule has 0 radical (unpaired) electrons. The Morgan fingerprint density at radius 2 is 1.76 bits per heavy atom. The van der Waals surface area contributed by atoms with E-state index in [9.17, 15) is 4.79 Å². The van der Waals surface area contributed by atoms with Crippen LogP contribution in [0, 0.1) is 11.8 Å². The third kappa shape index (κ3) is 2.28. The third-order valence-corrected chi connectivity index (χ3v) is 3.74. The first-order chi connectivity index (χ1) is 8.25. The molecule has 0 unspecified atom stereocenters. The number of nitrogens with one attached hydrogen (secondary N) is 1. The van der Waals surface area contributed by atoms with Gasteiger partial charge in [0.2, 0.25) is 0 Å². The van der Waals surface area contributed by atoms with E-state index >= 15 is 0 Å². The van der Waals surface area contributed by atoms with Crippen LogP contribution in [0.1, 0.15) is 36.0 Å². The predicted molar refractivity (Wildman–Crippen MR) is 66.3 cm³/mol. The molecule has 0 aromatic heterocycles. The first kappa shape index (κ1) is 10.6. The number of anilines is 1. The summed E-state index contributed by atoms with van der Waals surface area (Å²) in [7, 11) is 0. The van der Waals surface area contributed by atoms with Crippen molar-refractivity contribution in [3.8, 4) is 0 Å². The Morgan fingerprint density at radius 1 is 1.18 bits per heavy atom. The van der Waals surface area contributed by atoms with Crippen molar-refractivity contribution in [2.24, 2.45) is 11.8 Å². The Bertz CT molecular complexity index is 424. The van der Waals surface area contributed by atoms with E-state index in [1.54, 1.807) is 12.1 Å². The van der Waals surface area contributed by atoms with Gasteiger partial charge in [-0.3, -0.25) is 0 Å². The number of rotatable bonds is 5. The van der Waals surface area contributed by atoms with Gasteiger partial charge in [0.05, 0.1) is 5.56 Å². The number of carboxylic acid groups (broad SMARTS) is 1. The molecule has 2 N–H and O–H groups in total. The van der Waals surface area contributed by atoms with Crippen LogP contribution >= 0.6 is 0 Å². The number of carbonyl (C=O) groups is 1. The van der Waals surface area contributed by atoms with Gasteiger partial charge in [-0.1, -0.05) is 12.1 Å². The molecular formula is C14H17NO2. The van der Waals surface area contributed by atoms with Crippen molar-refractivity contribution in [1.29, 1.82) is 0 Å². The van der Waals surface area contributed by atoms with Crippen LogP contribution in [0.5, 0.6) is 0 Å². The fourth-order valence-electron chi connectivity index (χ4n) is 2.51. The van der Waals surface area contributed by atoms with E-state index in [4.69, 9.17) is 5.11 Å². The van der Waals surface area contributed by atoms with Crippen LogP contribution in [-0.4, -0.2) is 17.1 Å². The smallest absolute Gasteiger partial charge is 0.337 e. The molecular weight excluding hydrogens is 214 g/mol. The molecule has 0 atom stereocenters. The average molecular weight is 231 g/mol. The summed E-state index contributed by atoms with van der Waals surface area (Å²) in [6, 6.07) is 7.71. The molecule has 0 spiro atoms. The van der Waals surface area contributed by atoms with E-state index in [0.29, 0.717) is 11.6 Å². The quantitative estimate of drug-likeness (QED) is 0.819. The molecule has 0 saturated heterocycles. The zero-order valence-electron chi connectivity index (χ0n) is 9.73. The molecule has 2 saturated carbocycles. The van der Waals surface area contributed by atoms with Gasteiger partial charge in [-0.25, -0.2) is 4.79 Å². The molecule has 90 valence electrons. The number of aromatic carboxylic acids is 1. The van der Waals surface area contributed by atoms with Gasteiger partial charge in [0.25, 0.3) is 0 Å². The lowest BCUT2D eigenvalue weighted by Gasteiger charge is -2.20. The fraction of sp³-hybridized carbons (Fsp3) is 0.500. The van der Waals surface area contributed by atoms with E-state index in [-0.39, 0.29) is 0 Å². The Balaban J connectivity index is 1.80. The highest BCUT2D eigenvalue weighted by Crippen LogP contribution is 2.46. The van der Waals surface area contributed by atoms with E-state index in [1.165, 1.54) is 25.7 Å². The van der Waals surface area contributed by atoms with Crippen molar-refractivity contribution in [2.75, 3.05) is 5.32 Å². The number of carboxylic acids is 1. The Hall–Kier alpha value is -1.51. The lowest BCUT2D eigenvalue weighted by molar-refractivity contribution is 0.0698. The summed E-state index contributed by atoms with van der Waals surface area (Å²) in [6.07, 6.45) is 5.18. The van der Waals surface area contributed by atoms with Gasteiger partial charge in [0.1, 0.15) is 0 Å². The van der Waals surface area contributed by atoms with Crippen LogP contribution in [0.15, 0.2) is 24.3 Å². The molecule has 2 fully saturated rings. The van der Waals surface area contributed by atoms with E-state index in [2.05, 4.69) is 5.32 Å². The highest BCUT2D eigenvalue weighted by atomic mass is 16.4. The highest BCUT2D eigenvalue weighted by molar-refractivity contribution is 5.94. The number of para-hydroxylation sites is 1. The second-order valence-corrected chi connectivity index (χ2v) is 5.20. The molecule has 2 aliphatic rings. The second-order valence-electron chi connectivity index (χ2n) is 5.20. The molecule has 0 heterocycles. The van der Waals surface area contributed by atoms with Gasteiger partial charge < -0.3 is 10.4 Å². The molecule has 0 amide bonds. The van der Waals surface area contributed by atoms with Crippen molar-refractivity contribution in [2.45, 2.75) is 31.7 Å². The van der Waals surface area contributed by atoms with E-state index < -0.39 is 5.97 Å². The zero-order valence-corrected chi connectivity index (χ0v) is 9.73. The summed E-state index contributed by atoms with van der Waals surface area (Å²) in [6.45, 7) is 0. The monoisotopic (exact) mass is 231 g/mol. The molecule has 1 aromatic carbocycles. The minimum absolute atomic E-state index is 0.388. The van der Waals surface area contributed by atoms with Gasteiger partial charge in [-0.2, -0.15) is 0 Å². The zero-order chi connectivity index (χ0) is 11.8. The summed E-state index contributed by atoms with van der Waals surface area (Å²) < 4.78 is 0.